The van der Waals surface area contributed by atoms with Gasteiger partial charge < -0.3 is 15.6 Å². The Kier molecular flexibility index (Phi) is 3.42. The number of aromatic amines is 1. The van der Waals surface area contributed by atoms with E-state index in [0.29, 0.717) is 5.95 Å². The number of nitrogens with zero attached hydrogens (tertiary/aromatic N) is 3. The zero-order chi connectivity index (χ0) is 17.5. The molecular weight excluding hydrogens is 328 g/mol. The highest BCUT2D eigenvalue weighted by atomic mass is 15.7. The van der Waals surface area contributed by atoms with E-state index in [1.165, 1.54) is 11.1 Å². The number of nitrogens with one attached hydrogen (secondary N) is 5. The molecule has 1 aromatic carbocycles. The van der Waals surface area contributed by atoms with Crippen LogP contribution in [0.1, 0.15) is 23.6 Å². The van der Waals surface area contributed by atoms with Crippen molar-refractivity contribution in [1.82, 2.24) is 30.9 Å². The van der Waals surface area contributed by atoms with Gasteiger partial charge in [-0.1, -0.05) is 24.3 Å². The van der Waals surface area contributed by atoms with Gasteiger partial charge in [0.2, 0.25) is 5.95 Å². The molecule has 1 aliphatic heterocycles. The number of aromatic nitrogens is 3. The lowest BCUT2D eigenvalue weighted by Crippen LogP contribution is -2.34. The van der Waals surface area contributed by atoms with Crippen LogP contribution in [0, 0.1) is 0 Å². The third kappa shape index (κ3) is 2.60. The van der Waals surface area contributed by atoms with Crippen molar-refractivity contribution in [2.45, 2.75) is 18.9 Å². The Hall–Kier alpha value is -3.26. The summed E-state index contributed by atoms with van der Waals surface area (Å²) in [7, 11) is 1.90. The molecule has 0 fully saturated rings. The number of hydrogen-bond acceptors (Lipinski definition) is 7. The standard InChI is InChI=1S/C18H20N8/c1-26-10-15(24-25-26)21-18-22-16-13(8-9-19-16)17(23-18)20-14-7-6-11-4-2-3-5-12(11)14/h2-5,8-10,14,24-25H,6-7H2,1H3,(H3,19,20,21,22,23)/t14-/m0/s1. The molecular formula is C18H20N8. The number of rotatable bonds is 4. The average molecular weight is 348 g/mol. The minimum atomic E-state index is 0.267. The van der Waals surface area contributed by atoms with E-state index in [9.17, 15) is 0 Å². The number of hydrogen-bond donors (Lipinski definition) is 5. The number of aryl methyl sites for hydroxylation is 1. The Balaban J connectivity index is 1.47. The predicted molar refractivity (Wildman–Crippen MR) is 101 cm³/mol. The molecule has 8 nitrogen and oxygen atoms in total. The van der Waals surface area contributed by atoms with Gasteiger partial charge in [0.15, 0.2) is 0 Å². The topological polar surface area (TPSA) is 92.9 Å². The summed E-state index contributed by atoms with van der Waals surface area (Å²) in [4.78, 5) is 12.5. The van der Waals surface area contributed by atoms with Crippen molar-refractivity contribution in [3.8, 4) is 0 Å². The Labute approximate surface area is 150 Å². The highest BCUT2D eigenvalue weighted by Gasteiger charge is 2.23. The quantitative estimate of drug-likeness (QED) is 0.494. The summed E-state index contributed by atoms with van der Waals surface area (Å²) < 4.78 is 0. The van der Waals surface area contributed by atoms with Crippen molar-refractivity contribution in [3.05, 3.63) is 59.7 Å². The summed E-state index contributed by atoms with van der Waals surface area (Å²) in [5.74, 6) is 2.15. The summed E-state index contributed by atoms with van der Waals surface area (Å²) in [5.41, 5.74) is 9.55. The Morgan fingerprint density at radius 2 is 2.12 bits per heavy atom. The van der Waals surface area contributed by atoms with E-state index in [0.717, 1.165) is 35.5 Å². The fourth-order valence-corrected chi connectivity index (χ4v) is 3.57. The van der Waals surface area contributed by atoms with Crippen LogP contribution in [0.2, 0.25) is 0 Å². The lowest BCUT2D eigenvalue weighted by molar-refractivity contribution is 0.327. The number of anilines is 2. The predicted octanol–water partition coefficient (Wildman–Crippen LogP) is 2.22. The second-order valence-electron chi connectivity index (χ2n) is 6.59. The molecule has 3 aromatic rings. The maximum Gasteiger partial charge on any atom is 0.232 e. The van der Waals surface area contributed by atoms with Gasteiger partial charge in [0, 0.05) is 13.2 Å². The van der Waals surface area contributed by atoms with Crippen molar-refractivity contribution in [1.29, 1.82) is 0 Å². The normalized spacial score (nSPS) is 18.6. The molecule has 26 heavy (non-hydrogen) atoms. The van der Waals surface area contributed by atoms with Crippen molar-refractivity contribution >= 4 is 22.8 Å². The van der Waals surface area contributed by atoms with Gasteiger partial charge in [0.1, 0.15) is 17.3 Å². The Morgan fingerprint density at radius 3 is 3.00 bits per heavy atom. The summed E-state index contributed by atoms with van der Waals surface area (Å²) in [6, 6.07) is 10.9. The molecule has 132 valence electrons. The molecule has 0 radical (unpaired) electrons. The monoisotopic (exact) mass is 348 g/mol. The van der Waals surface area contributed by atoms with E-state index in [-0.39, 0.29) is 6.04 Å². The Bertz CT molecular complexity index is 992. The maximum atomic E-state index is 4.72. The lowest BCUT2D eigenvalue weighted by Gasteiger charge is -2.16. The van der Waals surface area contributed by atoms with Gasteiger partial charge in [0.25, 0.3) is 0 Å². The molecule has 1 aliphatic carbocycles. The summed E-state index contributed by atoms with van der Waals surface area (Å²) in [5, 5.41) is 9.62. The van der Waals surface area contributed by atoms with Gasteiger partial charge in [-0.2, -0.15) is 9.97 Å². The van der Waals surface area contributed by atoms with Crippen LogP contribution < -0.4 is 21.6 Å². The van der Waals surface area contributed by atoms with Crippen LogP contribution in [-0.4, -0.2) is 27.0 Å². The lowest BCUT2D eigenvalue weighted by atomic mass is 10.1. The van der Waals surface area contributed by atoms with E-state index in [1.54, 1.807) is 0 Å². The minimum absolute atomic E-state index is 0.267. The number of benzene rings is 1. The number of H-pyrrole nitrogens is 1. The van der Waals surface area contributed by atoms with Crippen LogP contribution in [0.3, 0.4) is 0 Å². The molecule has 5 N–H and O–H groups in total. The fraction of sp³-hybridized carbons (Fsp3) is 0.222. The first-order valence-corrected chi connectivity index (χ1v) is 8.69. The van der Waals surface area contributed by atoms with E-state index in [1.807, 2.05) is 30.5 Å². The molecule has 3 heterocycles. The first kappa shape index (κ1) is 15.0. The van der Waals surface area contributed by atoms with E-state index < -0.39 is 0 Å². The molecule has 2 aromatic heterocycles. The van der Waals surface area contributed by atoms with Crippen molar-refractivity contribution in [2.24, 2.45) is 0 Å². The van der Waals surface area contributed by atoms with E-state index >= 15 is 0 Å². The number of hydrazine groups is 2. The van der Waals surface area contributed by atoms with Crippen molar-refractivity contribution < 1.29 is 0 Å². The van der Waals surface area contributed by atoms with Gasteiger partial charge >= 0.3 is 0 Å². The van der Waals surface area contributed by atoms with E-state index in [4.69, 9.17) is 4.98 Å². The van der Waals surface area contributed by atoms with Crippen LogP contribution in [0.4, 0.5) is 11.8 Å². The smallest absolute Gasteiger partial charge is 0.232 e. The second-order valence-corrected chi connectivity index (χ2v) is 6.59. The zero-order valence-corrected chi connectivity index (χ0v) is 14.4. The molecule has 8 heteroatoms. The van der Waals surface area contributed by atoms with Crippen LogP contribution in [0.25, 0.3) is 11.0 Å². The summed E-state index contributed by atoms with van der Waals surface area (Å²) >= 11 is 0. The van der Waals surface area contributed by atoms with Crippen LogP contribution in [-0.2, 0) is 6.42 Å². The third-order valence-electron chi connectivity index (χ3n) is 4.80. The molecule has 0 saturated heterocycles. The summed E-state index contributed by atoms with van der Waals surface area (Å²) in [6.45, 7) is 0. The molecule has 5 rings (SSSR count). The molecule has 0 amide bonds. The first-order valence-electron chi connectivity index (χ1n) is 8.69. The molecule has 0 bridgehead atoms. The fourth-order valence-electron chi connectivity index (χ4n) is 3.57. The van der Waals surface area contributed by atoms with Crippen LogP contribution >= 0.6 is 0 Å². The number of fused-ring (bicyclic) bond motifs is 2. The average Bonchev–Trinajstić information content (AvgIpc) is 3.36. The first-order chi connectivity index (χ1) is 12.8. The van der Waals surface area contributed by atoms with Gasteiger partial charge in [-0.3, -0.25) is 10.4 Å². The van der Waals surface area contributed by atoms with Gasteiger partial charge in [-0.15, -0.1) is 5.53 Å². The van der Waals surface area contributed by atoms with Crippen molar-refractivity contribution in [3.63, 3.8) is 0 Å². The maximum absolute atomic E-state index is 4.72. The Morgan fingerprint density at radius 1 is 1.19 bits per heavy atom. The third-order valence-corrected chi connectivity index (χ3v) is 4.80. The minimum Gasteiger partial charge on any atom is -0.363 e. The van der Waals surface area contributed by atoms with Gasteiger partial charge in [0.05, 0.1) is 17.6 Å². The zero-order valence-electron chi connectivity index (χ0n) is 14.4. The molecule has 0 spiro atoms. The highest BCUT2D eigenvalue weighted by molar-refractivity contribution is 5.88. The second kappa shape index (κ2) is 5.92. The summed E-state index contributed by atoms with van der Waals surface area (Å²) in [6.07, 6.45) is 5.94. The van der Waals surface area contributed by atoms with Crippen LogP contribution in [0.5, 0.6) is 0 Å². The van der Waals surface area contributed by atoms with Gasteiger partial charge in [-0.25, -0.2) is 0 Å². The van der Waals surface area contributed by atoms with Crippen molar-refractivity contribution in [2.75, 3.05) is 17.7 Å². The molecule has 2 aliphatic rings. The van der Waals surface area contributed by atoms with Gasteiger partial charge in [-0.05, 0) is 30.0 Å². The SMILES string of the molecule is CN1C=C(Nc2nc(N[C@H]3CCc4ccccc43)c3cc[nH]c3n2)NN1. The van der Waals surface area contributed by atoms with E-state index in [2.05, 4.69) is 55.8 Å². The molecule has 1 atom stereocenters. The highest BCUT2D eigenvalue weighted by Crippen LogP contribution is 2.35. The largest absolute Gasteiger partial charge is 0.363 e. The molecule has 0 saturated carbocycles. The molecule has 0 unspecified atom stereocenters. The van der Waals surface area contributed by atoms with Crippen LogP contribution in [0.15, 0.2) is 48.5 Å².